The molecule has 7 heteroatoms. The third-order valence-electron chi connectivity index (χ3n) is 3.29. The number of ether oxygens (including phenoxy) is 2. The van der Waals surface area contributed by atoms with Gasteiger partial charge < -0.3 is 19.9 Å². The molecule has 0 fully saturated rings. The highest BCUT2D eigenvalue weighted by Crippen LogP contribution is 2.25. The number of carbonyl (C=O) groups excluding carboxylic acids is 2. The Bertz CT molecular complexity index is 630. The van der Waals surface area contributed by atoms with Crippen LogP contribution in [0.15, 0.2) is 36.0 Å². The van der Waals surface area contributed by atoms with Crippen molar-refractivity contribution in [3.05, 3.63) is 41.6 Å². The second kappa shape index (κ2) is 7.44. The number of anilines is 1. The Balaban J connectivity index is 3.03. The van der Waals surface area contributed by atoms with Crippen molar-refractivity contribution in [1.82, 2.24) is 0 Å². The molecule has 0 spiro atoms. The molecule has 0 amide bonds. The van der Waals surface area contributed by atoms with Crippen LogP contribution in [0.3, 0.4) is 0 Å². The van der Waals surface area contributed by atoms with Crippen LogP contribution in [0.2, 0.25) is 0 Å². The van der Waals surface area contributed by atoms with Gasteiger partial charge in [-0.1, -0.05) is 12.1 Å². The number of benzene rings is 1. The summed E-state index contributed by atoms with van der Waals surface area (Å²) in [4.78, 5) is 34.2. The summed E-state index contributed by atoms with van der Waals surface area (Å²) in [7, 11) is 2.38. The summed E-state index contributed by atoms with van der Waals surface area (Å²) in [6.07, 6.45) is 0.973. The molecule has 0 aliphatic rings. The molecule has 0 radical (unpaired) electrons. The number of esters is 2. The second-order valence-electron chi connectivity index (χ2n) is 5.21. The number of carboxylic acids is 1. The fraction of sp³-hybridized carbons (Fsp3) is 0.312. The van der Waals surface area contributed by atoms with E-state index in [9.17, 15) is 19.5 Å². The number of hydrogen-bond donors (Lipinski definition) is 2. The SMILES string of the molecule is COC(=O)/C=C(/Nc1ccc(C(C)(C)C(=O)O)cc1)C(=O)OC. The number of carbonyl (C=O) groups is 3. The summed E-state index contributed by atoms with van der Waals surface area (Å²) in [5.74, 6) is -2.38. The average molecular weight is 321 g/mol. The van der Waals surface area contributed by atoms with Gasteiger partial charge in [-0.25, -0.2) is 9.59 Å². The first-order valence-corrected chi connectivity index (χ1v) is 6.71. The molecule has 23 heavy (non-hydrogen) atoms. The zero-order chi connectivity index (χ0) is 17.6. The van der Waals surface area contributed by atoms with E-state index < -0.39 is 23.3 Å². The maximum Gasteiger partial charge on any atom is 0.354 e. The van der Waals surface area contributed by atoms with Gasteiger partial charge in [0.2, 0.25) is 0 Å². The highest BCUT2D eigenvalue weighted by atomic mass is 16.5. The van der Waals surface area contributed by atoms with E-state index in [4.69, 9.17) is 0 Å². The van der Waals surface area contributed by atoms with E-state index >= 15 is 0 Å². The maximum atomic E-state index is 11.6. The minimum atomic E-state index is -1.04. The van der Waals surface area contributed by atoms with Crippen LogP contribution in [-0.2, 0) is 29.3 Å². The largest absolute Gasteiger partial charge is 0.481 e. The lowest BCUT2D eigenvalue weighted by Crippen LogP contribution is -2.28. The first-order chi connectivity index (χ1) is 10.7. The van der Waals surface area contributed by atoms with Gasteiger partial charge in [-0.2, -0.15) is 0 Å². The Labute approximate surface area is 133 Å². The van der Waals surface area contributed by atoms with E-state index in [1.807, 2.05) is 0 Å². The topological polar surface area (TPSA) is 102 Å². The Morgan fingerprint density at radius 2 is 1.65 bits per heavy atom. The summed E-state index contributed by atoms with van der Waals surface area (Å²) in [6, 6.07) is 6.47. The Morgan fingerprint density at radius 3 is 2.09 bits per heavy atom. The van der Waals surface area contributed by atoms with Gasteiger partial charge in [0.15, 0.2) is 0 Å². The lowest BCUT2D eigenvalue weighted by atomic mass is 9.85. The molecule has 0 saturated carbocycles. The molecule has 1 rings (SSSR count). The molecular formula is C16H19NO6. The molecule has 1 aromatic rings. The number of carboxylic acid groups (broad SMARTS) is 1. The van der Waals surface area contributed by atoms with Gasteiger partial charge in [0, 0.05) is 5.69 Å². The summed E-state index contributed by atoms with van der Waals surface area (Å²) in [5.41, 5.74) is -0.0295. The smallest absolute Gasteiger partial charge is 0.354 e. The zero-order valence-corrected chi connectivity index (χ0v) is 13.4. The van der Waals surface area contributed by atoms with Crippen molar-refractivity contribution in [2.75, 3.05) is 19.5 Å². The molecule has 2 N–H and O–H groups in total. The van der Waals surface area contributed by atoms with Gasteiger partial charge in [0.1, 0.15) is 5.70 Å². The minimum absolute atomic E-state index is 0.0930. The van der Waals surface area contributed by atoms with Crippen LogP contribution in [-0.4, -0.2) is 37.2 Å². The summed E-state index contributed by atoms with van der Waals surface area (Å²) >= 11 is 0. The van der Waals surface area contributed by atoms with Crippen LogP contribution in [0, 0.1) is 0 Å². The van der Waals surface area contributed by atoms with Crippen LogP contribution < -0.4 is 5.32 Å². The predicted octanol–water partition coefficient (Wildman–Crippen LogP) is 1.69. The van der Waals surface area contributed by atoms with Crippen LogP contribution >= 0.6 is 0 Å². The van der Waals surface area contributed by atoms with Crippen LogP contribution in [0.1, 0.15) is 19.4 Å². The Morgan fingerprint density at radius 1 is 1.09 bits per heavy atom. The number of rotatable bonds is 6. The zero-order valence-electron chi connectivity index (χ0n) is 13.4. The maximum absolute atomic E-state index is 11.6. The van der Waals surface area contributed by atoms with Gasteiger partial charge in [-0.15, -0.1) is 0 Å². The van der Waals surface area contributed by atoms with Crippen LogP contribution in [0.4, 0.5) is 5.69 Å². The lowest BCUT2D eigenvalue weighted by Gasteiger charge is -2.20. The molecule has 0 saturated heterocycles. The second-order valence-corrected chi connectivity index (χ2v) is 5.21. The van der Waals surface area contributed by atoms with Gasteiger partial charge in [0.25, 0.3) is 0 Å². The third-order valence-corrected chi connectivity index (χ3v) is 3.29. The molecule has 124 valence electrons. The van der Waals surface area contributed by atoms with Gasteiger partial charge in [0.05, 0.1) is 25.7 Å². The molecule has 7 nitrogen and oxygen atoms in total. The van der Waals surface area contributed by atoms with E-state index in [0.29, 0.717) is 11.3 Å². The molecule has 1 aromatic carbocycles. The quantitative estimate of drug-likeness (QED) is 0.607. The highest BCUT2D eigenvalue weighted by Gasteiger charge is 2.29. The standard InChI is InChI=1S/C16H19NO6/c1-16(2,15(20)21)10-5-7-11(8-6-10)17-12(14(19)23-4)9-13(18)22-3/h5-9,17H,1-4H3,(H,20,21)/b12-9+. The fourth-order valence-corrected chi connectivity index (χ4v) is 1.68. The van der Waals surface area contributed by atoms with Crippen molar-refractivity contribution in [3.63, 3.8) is 0 Å². The Hall–Kier alpha value is -2.83. The van der Waals surface area contributed by atoms with Gasteiger partial charge in [-0.3, -0.25) is 4.79 Å². The molecule has 0 aromatic heterocycles. The van der Waals surface area contributed by atoms with Crippen LogP contribution in [0.5, 0.6) is 0 Å². The van der Waals surface area contributed by atoms with Gasteiger partial charge in [-0.05, 0) is 31.5 Å². The monoisotopic (exact) mass is 321 g/mol. The average Bonchev–Trinajstić information content (AvgIpc) is 2.53. The van der Waals surface area contributed by atoms with Crippen molar-refractivity contribution >= 4 is 23.6 Å². The highest BCUT2D eigenvalue weighted by molar-refractivity contribution is 5.98. The number of hydrogen-bond acceptors (Lipinski definition) is 6. The molecule has 0 aliphatic heterocycles. The number of methoxy groups -OCH3 is 2. The molecule has 0 aliphatic carbocycles. The molecule has 0 unspecified atom stereocenters. The molecular weight excluding hydrogens is 302 g/mol. The fourth-order valence-electron chi connectivity index (χ4n) is 1.68. The summed E-state index contributed by atoms with van der Waals surface area (Å²) in [5, 5.41) is 11.9. The minimum Gasteiger partial charge on any atom is -0.481 e. The van der Waals surface area contributed by atoms with E-state index in [-0.39, 0.29) is 5.70 Å². The summed E-state index contributed by atoms with van der Waals surface area (Å²) in [6.45, 7) is 3.18. The van der Waals surface area contributed by atoms with E-state index in [2.05, 4.69) is 14.8 Å². The molecule has 0 heterocycles. The summed E-state index contributed by atoms with van der Waals surface area (Å²) < 4.78 is 9.06. The number of nitrogens with one attached hydrogen (secondary N) is 1. The molecule has 0 bridgehead atoms. The van der Waals surface area contributed by atoms with E-state index in [0.717, 1.165) is 6.08 Å². The molecule has 0 atom stereocenters. The first-order valence-electron chi connectivity index (χ1n) is 6.71. The third kappa shape index (κ3) is 4.57. The van der Waals surface area contributed by atoms with Crippen LogP contribution in [0.25, 0.3) is 0 Å². The Kier molecular flexibility index (Phi) is 5.89. The van der Waals surface area contributed by atoms with Crippen molar-refractivity contribution < 1.29 is 29.0 Å². The number of aliphatic carboxylic acids is 1. The van der Waals surface area contributed by atoms with Gasteiger partial charge >= 0.3 is 17.9 Å². The first kappa shape index (κ1) is 18.2. The lowest BCUT2D eigenvalue weighted by molar-refractivity contribution is -0.142. The van der Waals surface area contributed by atoms with E-state index in [1.54, 1.807) is 38.1 Å². The van der Waals surface area contributed by atoms with E-state index in [1.165, 1.54) is 14.2 Å². The van der Waals surface area contributed by atoms with Crippen molar-refractivity contribution in [2.24, 2.45) is 0 Å². The van der Waals surface area contributed by atoms with Crippen molar-refractivity contribution in [3.8, 4) is 0 Å². The van der Waals surface area contributed by atoms with Crippen molar-refractivity contribution in [1.29, 1.82) is 0 Å². The normalized spacial score (nSPS) is 11.6. The van der Waals surface area contributed by atoms with Crippen molar-refractivity contribution in [2.45, 2.75) is 19.3 Å². The predicted molar refractivity (Wildman–Crippen MR) is 82.8 cm³/mol.